The van der Waals surface area contributed by atoms with Gasteiger partial charge in [-0.2, -0.15) is 0 Å². The third-order valence-corrected chi connectivity index (χ3v) is 3.41. The number of aromatic nitrogens is 1. The zero-order valence-corrected chi connectivity index (χ0v) is 9.38. The van der Waals surface area contributed by atoms with Crippen LogP contribution in [0.4, 0.5) is 0 Å². The molecule has 0 radical (unpaired) electrons. The Labute approximate surface area is 86.6 Å². The minimum Gasteiger partial charge on any atom is -0.261 e. The fourth-order valence-electron chi connectivity index (χ4n) is 2.29. The molecule has 1 aromatic heterocycles. The maximum absolute atomic E-state index is 4.48. The van der Waals surface area contributed by atoms with Crippen LogP contribution in [0.3, 0.4) is 0 Å². The Balaban J connectivity index is 2.22. The summed E-state index contributed by atoms with van der Waals surface area (Å²) < 4.78 is 0. The Morgan fingerprint density at radius 2 is 2.14 bits per heavy atom. The summed E-state index contributed by atoms with van der Waals surface area (Å²) in [5, 5.41) is 0. The van der Waals surface area contributed by atoms with E-state index >= 15 is 0 Å². The number of hydrogen-bond donors (Lipinski definition) is 0. The van der Waals surface area contributed by atoms with Gasteiger partial charge in [-0.15, -0.1) is 0 Å². The van der Waals surface area contributed by atoms with Crippen molar-refractivity contribution in [2.75, 3.05) is 0 Å². The standard InChI is InChI=1S/C13H19N/c1-13(2,3)11-7-6-10-5-4-8-14-12(10)9-11/h4-5,8,11H,6-7,9H2,1-3H3/t11-/m0/s1. The van der Waals surface area contributed by atoms with Gasteiger partial charge < -0.3 is 0 Å². The van der Waals surface area contributed by atoms with Gasteiger partial charge in [-0.3, -0.25) is 4.98 Å². The van der Waals surface area contributed by atoms with Crippen LogP contribution in [0.25, 0.3) is 0 Å². The van der Waals surface area contributed by atoms with Crippen molar-refractivity contribution >= 4 is 0 Å². The largest absolute Gasteiger partial charge is 0.261 e. The lowest BCUT2D eigenvalue weighted by Gasteiger charge is -2.34. The Bertz CT molecular complexity index is 322. The van der Waals surface area contributed by atoms with Crippen LogP contribution in [0, 0.1) is 11.3 Å². The van der Waals surface area contributed by atoms with Crippen LogP contribution >= 0.6 is 0 Å². The molecule has 1 heteroatoms. The quantitative estimate of drug-likeness (QED) is 0.610. The van der Waals surface area contributed by atoms with Gasteiger partial charge in [0.05, 0.1) is 0 Å². The summed E-state index contributed by atoms with van der Waals surface area (Å²) in [6, 6.07) is 4.28. The molecule has 0 amide bonds. The minimum absolute atomic E-state index is 0.426. The number of aryl methyl sites for hydroxylation is 1. The molecule has 0 fully saturated rings. The molecule has 1 aliphatic carbocycles. The number of pyridine rings is 1. The first kappa shape index (κ1) is 9.70. The summed E-state index contributed by atoms with van der Waals surface area (Å²) in [5.74, 6) is 0.796. The third-order valence-electron chi connectivity index (χ3n) is 3.41. The molecule has 1 atom stereocenters. The molecular weight excluding hydrogens is 170 g/mol. The zero-order valence-electron chi connectivity index (χ0n) is 9.38. The molecular formula is C13H19N. The first-order valence-corrected chi connectivity index (χ1v) is 5.50. The summed E-state index contributed by atoms with van der Waals surface area (Å²) in [4.78, 5) is 4.48. The summed E-state index contributed by atoms with van der Waals surface area (Å²) in [6.07, 6.45) is 5.62. The Kier molecular flexibility index (Phi) is 2.34. The number of rotatable bonds is 0. The normalized spacial score (nSPS) is 21.8. The second kappa shape index (κ2) is 3.38. The third kappa shape index (κ3) is 1.82. The summed E-state index contributed by atoms with van der Waals surface area (Å²) in [6.45, 7) is 7.02. The highest BCUT2D eigenvalue weighted by molar-refractivity contribution is 5.23. The molecule has 1 heterocycles. The Morgan fingerprint density at radius 3 is 2.86 bits per heavy atom. The molecule has 0 aromatic carbocycles. The summed E-state index contributed by atoms with van der Waals surface area (Å²) in [5.41, 5.74) is 3.22. The highest BCUT2D eigenvalue weighted by Crippen LogP contribution is 2.36. The van der Waals surface area contributed by atoms with Crippen LogP contribution in [0.2, 0.25) is 0 Å². The van der Waals surface area contributed by atoms with Crippen LogP contribution < -0.4 is 0 Å². The van der Waals surface area contributed by atoms with Gasteiger partial charge in [0.1, 0.15) is 0 Å². The fourth-order valence-corrected chi connectivity index (χ4v) is 2.29. The van der Waals surface area contributed by atoms with Crippen molar-refractivity contribution in [3.8, 4) is 0 Å². The van der Waals surface area contributed by atoms with E-state index in [0.717, 1.165) is 5.92 Å². The van der Waals surface area contributed by atoms with Gasteiger partial charge in [-0.05, 0) is 42.2 Å². The van der Waals surface area contributed by atoms with Gasteiger partial charge in [0, 0.05) is 11.9 Å². The van der Waals surface area contributed by atoms with Crippen molar-refractivity contribution in [2.45, 2.75) is 40.0 Å². The van der Waals surface area contributed by atoms with E-state index in [1.807, 2.05) is 6.20 Å². The molecule has 0 saturated carbocycles. The molecule has 0 spiro atoms. The van der Waals surface area contributed by atoms with E-state index < -0.39 is 0 Å². The van der Waals surface area contributed by atoms with E-state index in [1.165, 1.54) is 30.5 Å². The van der Waals surface area contributed by atoms with Crippen LogP contribution in [-0.4, -0.2) is 4.98 Å². The van der Waals surface area contributed by atoms with Crippen molar-refractivity contribution in [1.29, 1.82) is 0 Å². The van der Waals surface area contributed by atoms with Gasteiger partial charge in [0.15, 0.2) is 0 Å². The zero-order chi connectivity index (χ0) is 10.2. The average Bonchev–Trinajstić information content (AvgIpc) is 2.16. The van der Waals surface area contributed by atoms with Crippen LogP contribution in [0.5, 0.6) is 0 Å². The molecule has 0 aliphatic heterocycles. The molecule has 0 unspecified atom stereocenters. The number of nitrogens with zero attached hydrogens (tertiary/aromatic N) is 1. The highest BCUT2D eigenvalue weighted by Gasteiger charge is 2.28. The first-order chi connectivity index (χ1) is 6.57. The van der Waals surface area contributed by atoms with Gasteiger partial charge in [0.25, 0.3) is 0 Å². The van der Waals surface area contributed by atoms with Crippen molar-refractivity contribution in [1.82, 2.24) is 4.98 Å². The maximum Gasteiger partial charge on any atom is 0.0438 e. The summed E-state index contributed by atoms with van der Waals surface area (Å²) in [7, 11) is 0. The van der Waals surface area contributed by atoms with E-state index in [1.54, 1.807) is 0 Å². The van der Waals surface area contributed by atoms with E-state index in [2.05, 4.69) is 37.9 Å². The van der Waals surface area contributed by atoms with Crippen molar-refractivity contribution in [3.63, 3.8) is 0 Å². The first-order valence-electron chi connectivity index (χ1n) is 5.50. The lowest BCUT2D eigenvalue weighted by molar-refractivity contribution is 0.214. The Morgan fingerprint density at radius 1 is 1.36 bits per heavy atom. The Hall–Kier alpha value is -0.850. The van der Waals surface area contributed by atoms with Gasteiger partial charge in [-0.25, -0.2) is 0 Å². The van der Waals surface area contributed by atoms with Crippen LogP contribution in [0.1, 0.15) is 38.4 Å². The van der Waals surface area contributed by atoms with Gasteiger partial charge >= 0.3 is 0 Å². The second-order valence-electron chi connectivity index (χ2n) is 5.41. The molecule has 2 rings (SSSR count). The molecule has 0 bridgehead atoms. The number of hydrogen-bond acceptors (Lipinski definition) is 1. The molecule has 1 nitrogen and oxygen atoms in total. The fraction of sp³-hybridized carbons (Fsp3) is 0.615. The minimum atomic E-state index is 0.426. The van der Waals surface area contributed by atoms with E-state index in [9.17, 15) is 0 Å². The molecule has 0 N–H and O–H groups in total. The lowest BCUT2D eigenvalue weighted by Crippen LogP contribution is -2.27. The van der Waals surface area contributed by atoms with Gasteiger partial charge in [-0.1, -0.05) is 26.8 Å². The van der Waals surface area contributed by atoms with Crippen molar-refractivity contribution in [2.24, 2.45) is 11.3 Å². The van der Waals surface area contributed by atoms with E-state index in [-0.39, 0.29) is 0 Å². The average molecular weight is 189 g/mol. The predicted molar refractivity (Wildman–Crippen MR) is 59.2 cm³/mol. The topological polar surface area (TPSA) is 12.9 Å². The molecule has 0 saturated heterocycles. The molecule has 1 aliphatic rings. The molecule has 1 aromatic rings. The van der Waals surface area contributed by atoms with Crippen LogP contribution in [0.15, 0.2) is 18.3 Å². The second-order valence-corrected chi connectivity index (χ2v) is 5.41. The molecule has 14 heavy (non-hydrogen) atoms. The monoisotopic (exact) mass is 189 g/mol. The van der Waals surface area contributed by atoms with E-state index in [0.29, 0.717) is 5.41 Å². The maximum atomic E-state index is 4.48. The highest BCUT2D eigenvalue weighted by atomic mass is 14.7. The smallest absolute Gasteiger partial charge is 0.0438 e. The predicted octanol–water partition coefficient (Wildman–Crippen LogP) is 3.23. The van der Waals surface area contributed by atoms with Crippen molar-refractivity contribution < 1.29 is 0 Å². The van der Waals surface area contributed by atoms with Crippen LogP contribution in [-0.2, 0) is 12.8 Å². The number of fused-ring (bicyclic) bond motifs is 1. The SMILES string of the molecule is CC(C)(C)[C@H]1CCc2cccnc2C1. The van der Waals surface area contributed by atoms with Gasteiger partial charge in [0.2, 0.25) is 0 Å². The van der Waals surface area contributed by atoms with Crippen molar-refractivity contribution in [3.05, 3.63) is 29.6 Å². The molecule has 76 valence electrons. The van der Waals surface area contributed by atoms with E-state index in [4.69, 9.17) is 0 Å². The summed E-state index contributed by atoms with van der Waals surface area (Å²) >= 11 is 0. The lowest BCUT2D eigenvalue weighted by atomic mass is 9.72.